The first kappa shape index (κ1) is 18.1. The molecule has 4 aliphatic rings. The highest BCUT2D eigenvalue weighted by atomic mass is 16.6. The van der Waals surface area contributed by atoms with Crippen LogP contribution in [0, 0.1) is 17.8 Å². The smallest absolute Gasteiger partial charge is 0.410 e. The molecular weight excluding hydrogens is 330 g/mol. The number of hydrogen-bond donors (Lipinski definition) is 0. The molecular formula is C20H33N3O3. The zero-order valence-corrected chi connectivity index (χ0v) is 16.4. The molecule has 3 heterocycles. The van der Waals surface area contributed by atoms with Gasteiger partial charge >= 0.3 is 6.09 Å². The SMILES string of the molecule is CCOC(=O)N1C2CCCC1CC(N1C[C@@H]3C(C(=O)N(C)CC)[C@@H]3C1)C2. The van der Waals surface area contributed by atoms with E-state index in [1.54, 1.807) is 0 Å². The minimum Gasteiger partial charge on any atom is -0.450 e. The van der Waals surface area contributed by atoms with Gasteiger partial charge in [-0.1, -0.05) is 0 Å². The second kappa shape index (κ2) is 7.02. The van der Waals surface area contributed by atoms with Crippen molar-refractivity contribution in [1.82, 2.24) is 14.7 Å². The van der Waals surface area contributed by atoms with Crippen LogP contribution in [0.3, 0.4) is 0 Å². The molecule has 4 fully saturated rings. The fraction of sp³-hybridized carbons (Fsp3) is 0.900. The van der Waals surface area contributed by atoms with Gasteiger partial charge in [-0.15, -0.1) is 0 Å². The van der Waals surface area contributed by atoms with E-state index >= 15 is 0 Å². The quantitative estimate of drug-likeness (QED) is 0.768. The van der Waals surface area contributed by atoms with Crippen LogP contribution in [0.25, 0.3) is 0 Å². The highest BCUT2D eigenvalue weighted by Gasteiger charge is 2.61. The number of nitrogens with zero attached hydrogens (tertiary/aromatic N) is 3. The van der Waals surface area contributed by atoms with Gasteiger partial charge in [-0.05, 0) is 57.8 Å². The average Bonchev–Trinajstić information content (AvgIpc) is 3.12. The van der Waals surface area contributed by atoms with Gasteiger partial charge < -0.3 is 14.5 Å². The first-order valence-corrected chi connectivity index (χ1v) is 10.5. The zero-order valence-electron chi connectivity index (χ0n) is 16.4. The summed E-state index contributed by atoms with van der Waals surface area (Å²) in [5.41, 5.74) is 0. The molecule has 3 saturated heterocycles. The first-order valence-electron chi connectivity index (χ1n) is 10.5. The van der Waals surface area contributed by atoms with Gasteiger partial charge in [0.25, 0.3) is 0 Å². The number of ether oxygens (including phenoxy) is 1. The molecule has 2 bridgehead atoms. The van der Waals surface area contributed by atoms with Crippen LogP contribution in [-0.2, 0) is 9.53 Å². The molecule has 0 N–H and O–H groups in total. The summed E-state index contributed by atoms with van der Waals surface area (Å²) >= 11 is 0. The predicted octanol–water partition coefficient (Wildman–Crippen LogP) is 2.18. The summed E-state index contributed by atoms with van der Waals surface area (Å²) in [4.78, 5) is 31.3. The molecule has 6 heteroatoms. The molecule has 5 atom stereocenters. The fourth-order valence-electron chi connectivity index (χ4n) is 5.78. The number of rotatable bonds is 4. The molecule has 2 amide bonds. The van der Waals surface area contributed by atoms with Gasteiger partial charge in [-0.3, -0.25) is 9.69 Å². The van der Waals surface area contributed by atoms with Crippen LogP contribution in [0.2, 0.25) is 0 Å². The second-order valence-electron chi connectivity index (χ2n) is 8.63. The third-order valence-corrected chi connectivity index (χ3v) is 7.30. The number of fused-ring (bicyclic) bond motifs is 3. The molecule has 0 aromatic heterocycles. The van der Waals surface area contributed by atoms with Crippen LogP contribution in [0.15, 0.2) is 0 Å². The Kier molecular flexibility index (Phi) is 4.88. The van der Waals surface area contributed by atoms with E-state index in [2.05, 4.69) is 4.90 Å². The van der Waals surface area contributed by atoms with Crippen molar-refractivity contribution in [2.24, 2.45) is 17.8 Å². The molecule has 146 valence electrons. The molecule has 1 aliphatic carbocycles. The van der Waals surface area contributed by atoms with E-state index < -0.39 is 0 Å². The summed E-state index contributed by atoms with van der Waals surface area (Å²) in [5, 5.41) is 0. The lowest BCUT2D eigenvalue weighted by molar-refractivity contribution is -0.132. The van der Waals surface area contributed by atoms with Crippen molar-refractivity contribution in [3.05, 3.63) is 0 Å². The molecule has 6 nitrogen and oxygen atoms in total. The van der Waals surface area contributed by atoms with Gasteiger partial charge in [-0.2, -0.15) is 0 Å². The second-order valence-corrected chi connectivity index (χ2v) is 8.63. The third kappa shape index (κ3) is 3.00. The lowest BCUT2D eigenvalue weighted by atomic mass is 9.81. The molecule has 4 rings (SSSR count). The highest BCUT2D eigenvalue weighted by molar-refractivity contribution is 5.82. The van der Waals surface area contributed by atoms with Crippen molar-refractivity contribution in [2.45, 2.75) is 64.1 Å². The van der Waals surface area contributed by atoms with Gasteiger partial charge in [0.1, 0.15) is 0 Å². The summed E-state index contributed by atoms with van der Waals surface area (Å²) in [5.74, 6) is 1.75. The third-order valence-electron chi connectivity index (χ3n) is 7.30. The van der Waals surface area contributed by atoms with Crippen molar-refractivity contribution in [1.29, 1.82) is 0 Å². The normalized spacial score (nSPS) is 38.7. The van der Waals surface area contributed by atoms with E-state index in [0.29, 0.717) is 42.5 Å². The monoisotopic (exact) mass is 363 g/mol. The van der Waals surface area contributed by atoms with Crippen LogP contribution in [0.4, 0.5) is 4.79 Å². The van der Waals surface area contributed by atoms with Gasteiger partial charge in [-0.25, -0.2) is 4.79 Å². The molecule has 3 unspecified atom stereocenters. The van der Waals surface area contributed by atoms with Crippen LogP contribution >= 0.6 is 0 Å². The van der Waals surface area contributed by atoms with Gasteiger partial charge in [0.2, 0.25) is 5.91 Å². The maximum absolute atomic E-state index is 12.4. The standard InChI is InChI=1S/C20H33N3O3/c1-4-21(3)19(24)18-16-11-22(12-17(16)18)15-9-13-7-6-8-14(10-15)23(13)20(25)26-5-2/h13-18H,4-12H2,1-3H3/t13?,14?,15?,16-,17+,18?. The molecule has 0 spiro atoms. The predicted molar refractivity (Wildman–Crippen MR) is 98.7 cm³/mol. The largest absolute Gasteiger partial charge is 0.450 e. The van der Waals surface area contributed by atoms with Crippen LogP contribution < -0.4 is 0 Å². The van der Waals surface area contributed by atoms with Crippen LogP contribution in [-0.4, -0.2) is 78.1 Å². The first-order chi connectivity index (χ1) is 12.5. The molecule has 3 aliphatic heterocycles. The number of carbonyl (C=O) groups is 2. The Bertz CT molecular complexity index is 543. The topological polar surface area (TPSA) is 53.1 Å². The van der Waals surface area contributed by atoms with E-state index in [-0.39, 0.29) is 12.0 Å². The Morgan fingerprint density at radius 1 is 1.04 bits per heavy atom. The van der Waals surface area contributed by atoms with Crippen molar-refractivity contribution < 1.29 is 14.3 Å². The summed E-state index contributed by atoms with van der Waals surface area (Å²) in [7, 11) is 1.92. The highest BCUT2D eigenvalue weighted by Crippen LogP contribution is 2.54. The average molecular weight is 364 g/mol. The minimum atomic E-state index is -0.113. The molecule has 0 aromatic carbocycles. The van der Waals surface area contributed by atoms with E-state index in [1.807, 2.05) is 30.7 Å². The van der Waals surface area contributed by atoms with Crippen molar-refractivity contribution >= 4 is 12.0 Å². The van der Waals surface area contributed by atoms with Crippen LogP contribution in [0.5, 0.6) is 0 Å². The maximum atomic E-state index is 12.4. The number of likely N-dealkylation sites (tertiary alicyclic amines) is 1. The van der Waals surface area contributed by atoms with Crippen molar-refractivity contribution in [2.75, 3.05) is 33.3 Å². The fourth-order valence-corrected chi connectivity index (χ4v) is 5.78. The Morgan fingerprint density at radius 2 is 1.65 bits per heavy atom. The van der Waals surface area contributed by atoms with Crippen molar-refractivity contribution in [3.63, 3.8) is 0 Å². The van der Waals surface area contributed by atoms with E-state index in [1.165, 1.54) is 6.42 Å². The molecule has 26 heavy (non-hydrogen) atoms. The van der Waals surface area contributed by atoms with E-state index in [4.69, 9.17) is 4.74 Å². The van der Waals surface area contributed by atoms with Gasteiger partial charge in [0, 0.05) is 50.7 Å². The molecule has 0 radical (unpaired) electrons. The van der Waals surface area contributed by atoms with Crippen molar-refractivity contribution in [3.8, 4) is 0 Å². The Balaban J connectivity index is 1.35. The Hall–Kier alpha value is -1.30. The number of carbonyl (C=O) groups excluding carboxylic acids is 2. The molecule has 1 saturated carbocycles. The summed E-state index contributed by atoms with van der Waals surface area (Å²) in [6, 6.07) is 1.25. The van der Waals surface area contributed by atoms with Crippen LogP contribution in [0.1, 0.15) is 46.0 Å². The Labute approximate surface area is 156 Å². The van der Waals surface area contributed by atoms with Gasteiger partial charge in [0.05, 0.1) is 6.61 Å². The zero-order chi connectivity index (χ0) is 18.4. The summed E-state index contributed by atoms with van der Waals surface area (Å²) in [6.07, 6.45) is 5.47. The number of hydrogen-bond acceptors (Lipinski definition) is 4. The van der Waals surface area contributed by atoms with Gasteiger partial charge in [0.15, 0.2) is 0 Å². The maximum Gasteiger partial charge on any atom is 0.410 e. The van der Waals surface area contributed by atoms with E-state index in [9.17, 15) is 9.59 Å². The Morgan fingerprint density at radius 3 is 2.19 bits per heavy atom. The summed E-state index contributed by atoms with van der Waals surface area (Å²) < 4.78 is 5.31. The van der Waals surface area contributed by atoms with E-state index in [0.717, 1.165) is 45.3 Å². The number of piperidine rings is 3. The number of amides is 2. The minimum absolute atomic E-state index is 0.113. The molecule has 0 aromatic rings. The lowest BCUT2D eigenvalue weighted by Crippen LogP contribution is -2.59. The summed E-state index contributed by atoms with van der Waals surface area (Å²) in [6.45, 7) is 7.32. The lowest BCUT2D eigenvalue weighted by Gasteiger charge is -2.50.